The first-order chi connectivity index (χ1) is 15.0. The first-order valence-electron chi connectivity index (χ1n) is 9.86. The normalized spacial score (nSPS) is 15.2. The number of allylic oxidation sites excluding steroid dienone is 1. The van der Waals surface area contributed by atoms with Gasteiger partial charge in [0.25, 0.3) is 5.91 Å². The first kappa shape index (κ1) is 20.7. The zero-order chi connectivity index (χ0) is 21.7. The maximum Gasteiger partial charge on any atom is 0.326 e. The fourth-order valence-electron chi connectivity index (χ4n) is 3.30. The molecule has 0 atom stereocenters. The molecule has 7 heteroatoms. The van der Waals surface area contributed by atoms with Crippen molar-refractivity contribution >= 4 is 27.9 Å². The minimum atomic E-state index is -3.92. The molecule has 1 aliphatic rings. The second-order valence-corrected chi connectivity index (χ2v) is 8.73. The maximum absolute atomic E-state index is 12.3. The number of nitrogens with zero attached hydrogens (tertiary/aromatic N) is 1. The highest BCUT2D eigenvalue weighted by Gasteiger charge is 2.35. The molecule has 4 rings (SSSR count). The highest BCUT2D eigenvalue weighted by molar-refractivity contribution is 7.92. The molecule has 3 aromatic rings. The van der Waals surface area contributed by atoms with E-state index in [1.165, 1.54) is 5.56 Å². The second kappa shape index (κ2) is 9.06. The van der Waals surface area contributed by atoms with E-state index in [1.807, 2.05) is 71.5 Å². The number of benzene rings is 3. The van der Waals surface area contributed by atoms with Gasteiger partial charge in [-0.15, -0.1) is 0 Å². The molecule has 0 radical (unpaired) electrons. The van der Waals surface area contributed by atoms with E-state index in [1.54, 1.807) is 12.1 Å². The monoisotopic (exact) mass is 434 g/mol. The van der Waals surface area contributed by atoms with Gasteiger partial charge >= 0.3 is 10.2 Å². The van der Waals surface area contributed by atoms with Crippen molar-refractivity contribution in [2.45, 2.75) is 13.0 Å². The van der Waals surface area contributed by atoms with Gasteiger partial charge in [0.2, 0.25) is 0 Å². The van der Waals surface area contributed by atoms with Crippen molar-refractivity contribution in [3.63, 3.8) is 0 Å². The van der Waals surface area contributed by atoms with E-state index in [0.717, 1.165) is 21.9 Å². The third-order valence-electron chi connectivity index (χ3n) is 4.82. The number of amides is 1. The Hall–Kier alpha value is -3.58. The van der Waals surface area contributed by atoms with Gasteiger partial charge in [0.05, 0.1) is 5.69 Å². The molecule has 1 fully saturated rings. The Kier molecular flexibility index (Phi) is 6.04. The Morgan fingerprint density at radius 3 is 2.26 bits per heavy atom. The smallest absolute Gasteiger partial charge is 0.326 e. The van der Waals surface area contributed by atoms with Gasteiger partial charge in [-0.1, -0.05) is 78.9 Å². The van der Waals surface area contributed by atoms with Gasteiger partial charge in [0.1, 0.15) is 18.9 Å². The lowest BCUT2D eigenvalue weighted by Gasteiger charge is -2.19. The Morgan fingerprint density at radius 2 is 1.61 bits per heavy atom. The summed E-state index contributed by atoms with van der Waals surface area (Å²) in [5.41, 5.74) is 3.36. The number of anilines is 1. The highest BCUT2D eigenvalue weighted by atomic mass is 32.2. The summed E-state index contributed by atoms with van der Waals surface area (Å²) in [5, 5.41) is 0. The van der Waals surface area contributed by atoms with E-state index in [-0.39, 0.29) is 13.2 Å². The van der Waals surface area contributed by atoms with E-state index in [2.05, 4.69) is 12.1 Å². The van der Waals surface area contributed by atoms with Gasteiger partial charge < -0.3 is 4.74 Å². The van der Waals surface area contributed by atoms with Crippen molar-refractivity contribution in [2.24, 2.45) is 0 Å². The predicted octanol–water partition coefficient (Wildman–Crippen LogP) is 3.70. The van der Waals surface area contributed by atoms with E-state index < -0.39 is 16.1 Å². The van der Waals surface area contributed by atoms with Crippen molar-refractivity contribution in [2.75, 3.05) is 10.8 Å². The van der Waals surface area contributed by atoms with Crippen LogP contribution in [0.15, 0.2) is 84.9 Å². The number of carbonyl (C=O) groups is 1. The lowest BCUT2D eigenvalue weighted by Crippen LogP contribution is -2.29. The molecule has 6 nitrogen and oxygen atoms in total. The number of nitrogens with one attached hydrogen (secondary N) is 1. The van der Waals surface area contributed by atoms with Crippen LogP contribution in [-0.4, -0.2) is 20.9 Å². The molecule has 0 saturated carbocycles. The van der Waals surface area contributed by atoms with Crippen LogP contribution in [-0.2, 0) is 28.0 Å². The molecular formula is C24H22N2O4S. The molecule has 3 aromatic carbocycles. The van der Waals surface area contributed by atoms with Crippen LogP contribution < -0.4 is 13.8 Å². The molecule has 1 N–H and O–H groups in total. The van der Waals surface area contributed by atoms with Crippen LogP contribution >= 0.6 is 0 Å². The lowest BCUT2D eigenvalue weighted by atomic mass is 10.1. The van der Waals surface area contributed by atoms with Crippen LogP contribution in [0.5, 0.6) is 5.75 Å². The minimum Gasteiger partial charge on any atom is -0.487 e. The van der Waals surface area contributed by atoms with Crippen LogP contribution in [0.2, 0.25) is 0 Å². The topological polar surface area (TPSA) is 75.7 Å². The Bertz CT molecular complexity index is 1190. The van der Waals surface area contributed by atoms with E-state index in [0.29, 0.717) is 11.4 Å². The van der Waals surface area contributed by atoms with Gasteiger partial charge in [-0.3, -0.25) is 4.79 Å². The van der Waals surface area contributed by atoms with Gasteiger partial charge in [-0.2, -0.15) is 8.42 Å². The lowest BCUT2D eigenvalue weighted by molar-refractivity contribution is -0.117. The summed E-state index contributed by atoms with van der Waals surface area (Å²) < 4.78 is 33.7. The number of ether oxygens (including phenoxy) is 1. The van der Waals surface area contributed by atoms with Crippen molar-refractivity contribution in [3.8, 4) is 5.75 Å². The van der Waals surface area contributed by atoms with Crippen molar-refractivity contribution in [1.82, 2.24) is 4.72 Å². The Morgan fingerprint density at radius 1 is 0.935 bits per heavy atom. The SMILES string of the molecule is O=C1CN(c2ccc(/C=C/Cc3ccccc3)cc2OCc2ccccc2)S(=O)(=O)N1. The molecule has 0 spiro atoms. The minimum absolute atomic E-state index is 0.271. The average Bonchev–Trinajstić information content (AvgIpc) is 3.05. The van der Waals surface area contributed by atoms with Crippen molar-refractivity contribution in [1.29, 1.82) is 0 Å². The van der Waals surface area contributed by atoms with Crippen LogP contribution in [0.1, 0.15) is 16.7 Å². The van der Waals surface area contributed by atoms with Gasteiger partial charge in [0, 0.05) is 0 Å². The molecule has 31 heavy (non-hydrogen) atoms. The summed E-state index contributed by atoms with van der Waals surface area (Å²) in [6.45, 7) is 0.00745. The summed E-state index contributed by atoms with van der Waals surface area (Å²) in [5.74, 6) is -0.174. The Balaban J connectivity index is 1.60. The molecule has 158 valence electrons. The zero-order valence-electron chi connectivity index (χ0n) is 16.8. The maximum atomic E-state index is 12.3. The van der Waals surface area contributed by atoms with Crippen LogP contribution in [0.25, 0.3) is 6.08 Å². The van der Waals surface area contributed by atoms with Gasteiger partial charge in [0.15, 0.2) is 0 Å². The van der Waals surface area contributed by atoms with E-state index in [9.17, 15) is 13.2 Å². The molecule has 1 heterocycles. The van der Waals surface area contributed by atoms with Crippen LogP contribution in [0.3, 0.4) is 0 Å². The number of carbonyl (C=O) groups excluding carboxylic acids is 1. The molecule has 0 unspecified atom stereocenters. The molecule has 0 aliphatic carbocycles. The predicted molar refractivity (Wildman–Crippen MR) is 121 cm³/mol. The molecular weight excluding hydrogens is 412 g/mol. The third kappa shape index (κ3) is 5.13. The number of rotatable bonds is 7. The van der Waals surface area contributed by atoms with E-state index >= 15 is 0 Å². The zero-order valence-corrected chi connectivity index (χ0v) is 17.6. The highest BCUT2D eigenvalue weighted by Crippen LogP contribution is 2.33. The standard InChI is InChI=1S/C24H22N2O4S/c27-24-17-26(31(28,29)25-24)22-15-14-20(13-7-12-19-8-3-1-4-9-19)16-23(22)30-18-21-10-5-2-6-11-21/h1-11,13-16H,12,17-18H2,(H,25,27)/b13-7+. The molecule has 0 aromatic heterocycles. The molecule has 0 bridgehead atoms. The molecule has 1 saturated heterocycles. The fourth-order valence-corrected chi connectivity index (χ4v) is 4.46. The van der Waals surface area contributed by atoms with Gasteiger partial charge in [-0.05, 0) is 35.2 Å². The van der Waals surface area contributed by atoms with E-state index in [4.69, 9.17) is 4.74 Å². The first-order valence-corrected chi connectivity index (χ1v) is 11.3. The van der Waals surface area contributed by atoms with Crippen molar-refractivity contribution in [3.05, 3.63) is 102 Å². The third-order valence-corrected chi connectivity index (χ3v) is 6.21. The Labute approximate surface area is 182 Å². The largest absolute Gasteiger partial charge is 0.487 e. The van der Waals surface area contributed by atoms with Crippen molar-refractivity contribution < 1.29 is 17.9 Å². The summed E-state index contributed by atoms with van der Waals surface area (Å²) >= 11 is 0. The van der Waals surface area contributed by atoms with Crippen LogP contribution in [0.4, 0.5) is 5.69 Å². The molecule has 1 amide bonds. The van der Waals surface area contributed by atoms with Crippen LogP contribution in [0, 0.1) is 0 Å². The summed E-state index contributed by atoms with van der Waals surface area (Å²) in [7, 11) is -3.92. The second-order valence-electron chi connectivity index (χ2n) is 7.13. The van der Waals surface area contributed by atoms with Gasteiger partial charge in [-0.25, -0.2) is 9.03 Å². The average molecular weight is 435 g/mol. The quantitative estimate of drug-likeness (QED) is 0.615. The summed E-state index contributed by atoms with van der Waals surface area (Å²) in [6.07, 6.45) is 4.79. The fraction of sp³-hybridized carbons (Fsp3) is 0.125. The summed E-state index contributed by atoms with van der Waals surface area (Å²) in [4.78, 5) is 11.7. The number of hydrogen-bond acceptors (Lipinski definition) is 4. The molecule has 1 aliphatic heterocycles. The summed E-state index contributed by atoms with van der Waals surface area (Å²) in [6, 6.07) is 25.0. The number of hydrogen-bond donors (Lipinski definition) is 1.